The van der Waals surface area contributed by atoms with E-state index < -0.39 is 0 Å². The molecular weight excluding hydrogens is 302 g/mol. The monoisotopic (exact) mass is 323 g/mol. The van der Waals surface area contributed by atoms with E-state index in [1.807, 2.05) is 43.3 Å². The summed E-state index contributed by atoms with van der Waals surface area (Å²) in [5, 5.41) is 2.87. The lowest BCUT2D eigenvalue weighted by molar-refractivity contribution is -0.133. The Kier molecular flexibility index (Phi) is 8.06. The van der Waals surface area contributed by atoms with Gasteiger partial charge in [0.05, 0.1) is 6.42 Å². The Balaban J connectivity index is 0.00000116. The Morgan fingerprint density at radius 3 is 2.41 bits per heavy atom. The predicted octanol–water partition coefficient (Wildman–Crippen LogP) is 3.48. The summed E-state index contributed by atoms with van der Waals surface area (Å²) in [5.41, 5.74) is 1.42. The van der Waals surface area contributed by atoms with Crippen molar-refractivity contribution < 1.29 is 8.98 Å². The van der Waals surface area contributed by atoms with Crippen LogP contribution in [-0.2, 0) is 8.98 Å². The number of anilines is 1. The van der Waals surface area contributed by atoms with Gasteiger partial charge in [-0.3, -0.25) is 4.79 Å². The van der Waals surface area contributed by atoms with Gasteiger partial charge in [-0.05, 0) is 29.4 Å². The van der Waals surface area contributed by atoms with Gasteiger partial charge in [0.2, 0.25) is 0 Å². The van der Waals surface area contributed by atoms with E-state index in [-0.39, 0.29) is 5.97 Å². The van der Waals surface area contributed by atoms with E-state index in [1.54, 1.807) is 12.1 Å². The van der Waals surface area contributed by atoms with Gasteiger partial charge in [0.15, 0.2) is 0 Å². The highest BCUT2D eigenvalue weighted by Crippen LogP contribution is 2.21. The van der Waals surface area contributed by atoms with E-state index in [0.29, 0.717) is 18.7 Å². The molecular formula is C15H21N3O3S. The highest BCUT2D eigenvalue weighted by Gasteiger charge is 2.12. The fourth-order valence-corrected chi connectivity index (χ4v) is 2.04. The summed E-state index contributed by atoms with van der Waals surface area (Å²) in [6, 6.07) is 7.08. The molecule has 0 spiro atoms. The molecule has 120 valence electrons. The fraction of sp³-hybridized carbons (Fsp3) is 0.400. The van der Waals surface area contributed by atoms with Crippen LogP contribution in [-0.4, -0.2) is 30.5 Å². The molecule has 1 aromatic carbocycles. The molecule has 1 aliphatic heterocycles. The van der Waals surface area contributed by atoms with Crippen molar-refractivity contribution in [3.63, 3.8) is 0 Å². The molecule has 0 saturated carbocycles. The van der Waals surface area contributed by atoms with Crippen LogP contribution >= 0.6 is 12.9 Å². The van der Waals surface area contributed by atoms with Gasteiger partial charge in [-0.25, -0.2) is 0 Å². The van der Waals surface area contributed by atoms with Crippen LogP contribution in [0.1, 0.15) is 20.3 Å². The first-order chi connectivity index (χ1) is 10.7. The number of carbonyl (C=O) groups excluding carboxylic acids is 1. The van der Waals surface area contributed by atoms with Gasteiger partial charge >= 0.3 is 5.97 Å². The molecule has 0 bridgehead atoms. The SMILES string of the molecule is CC.O=Nc1ccc(N2C=CN(CCC(=O)OS)CC2)cc1. The van der Waals surface area contributed by atoms with Gasteiger partial charge in [0.25, 0.3) is 0 Å². The Labute approximate surface area is 136 Å². The van der Waals surface area contributed by atoms with Crippen molar-refractivity contribution in [1.82, 2.24) is 4.90 Å². The maximum absolute atomic E-state index is 11.0. The summed E-state index contributed by atoms with van der Waals surface area (Å²) in [6.07, 6.45) is 4.19. The molecule has 0 aromatic heterocycles. The van der Waals surface area contributed by atoms with Crippen molar-refractivity contribution in [3.8, 4) is 0 Å². The average Bonchev–Trinajstić information content (AvgIpc) is 2.62. The Hall–Kier alpha value is -2.02. The van der Waals surface area contributed by atoms with Crippen molar-refractivity contribution in [2.24, 2.45) is 5.18 Å². The molecule has 1 heterocycles. The molecule has 7 heteroatoms. The Morgan fingerprint density at radius 2 is 1.91 bits per heavy atom. The number of hydrogen-bond acceptors (Lipinski definition) is 7. The number of rotatable bonds is 5. The molecule has 6 nitrogen and oxygen atoms in total. The summed E-state index contributed by atoms with van der Waals surface area (Å²) >= 11 is 3.47. The molecule has 0 atom stereocenters. The van der Waals surface area contributed by atoms with Crippen LogP contribution in [0.15, 0.2) is 41.8 Å². The maximum atomic E-state index is 11.0. The second-order valence-corrected chi connectivity index (χ2v) is 4.53. The average molecular weight is 323 g/mol. The van der Waals surface area contributed by atoms with E-state index >= 15 is 0 Å². The van der Waals surface area contributed by atoms with Crippen LogP contribution in [0.2, 0.25) is 0 Å². The lowest BCUT2D eigenvalue weighted by atomic mass is 10.2. The van der Waals surface area contributed by atoms with E-state index in [1.165, 1.54) is 0 Å². The Bertz CT molecular complexity index is 505. The molecule has 1 aliphatic rings. The normalized spacial score (nSPS) is 13.2. The molecule has 22 heavy (non-hydrogen) atoms. The quantitative estimate of drug-likeness (QED) is 0.510. The molecule has 1 aromatic rings. The molecule has 0 amide bonds. The molecule has 0 fully saturated rings. The summed E-state index contributed by atoms with van der Waals surface area (Å²) in [5.74, 6) is -0.332. The highest BCUT2D eigenvalue weighted by atomic mass is 32.1. The number of nitrogens with zero attached hydrogens (tertiary/aromatic N) is 3. The number of thiol groups is 1. The molecule has 0 aliphatic carbocycles. The number of carbonyl (C=O) groups is 1. The molecule has 0 saturated heterocycles. The molecule has 2 rings (SSSR count). The largest absolute Gasteiger partial charge is 0.395 e. The zero-order valence-electron chi connectivity index (χ0n) is 12.8. The van der Waals surface area contributed by atoms with Crippen LogP contribution < -0.4 is 4.90 Å². The third kappa shape index (κ3) is 5.40. The van der Waals surface area contributed by atoms with Crippen LogP contribution in [0, 0.1) is 4.91 Å². The number of nitroso groups, excluding NO2 is 1. The summed E-state index contributed by atoms with van der Waals surface area (Å²) < 4.78 is 4.31. The van der Waals surface area contributed by atoms with Gasteiger partial charge in [0, 0.05) is 50.6 Å². The van der Waals surface area contributed by atoms with Crippen molar-refractivity contribution in [1.29, 1.82) is 0 Å². The van der Waals surface area contributed by atoms with Crippen molar-refractivity contribution >= 4 is 30.3 Å². The maximum Gasteiger partial charge on any atom is 0.319 e. The third-order valence-corrected chi connectivity index (χ3v) is 3.28. The third-order valence-electron chi connectivity index (χ3n) is 3.08. The number of benzene rings is 1. The minimum atomic E-state index is -0.332. The highest BCUT2D eigenvalue weighted by molar-refractivity contribution is 7.75. The van der Waals surface area contributed by atoms with Crippen molar-refractivity contribution in [3.05, 3.63) is 41.6 Å². The minimum Gasteiger partial charge on any atom is -0.395 e. The zero-order chi connectivity index (χ0) is 16.4. The molecule has 0 unspecified atom stereocenters. The lowest BCUT2D eigenvalue weighted by Gasteiger charge is -2.31. The van der Waals surface area contributed by atoms with Gasteiger partial charge in [-0.15, -0.1) is 4.91 Å². The van der Waals surface area contributed by atoms with Crippen molar-refractivity contribution in [2.45, 2.75) is 20.3 Å². The topological polar surface area (TPSA) is 62.2 Å². The second kappa shape index (κ2) is 9.83. The lowest BCUT2D eigenvalue weighted by Crippen LogP contribution is -2.35. The summed E-state index contributed by atoms with van der Waals surface area (Å²) in [4.78, 5) is 25.5. The van der Waals surface area contributed by atoms with Crippen LogP contribution in [0.25, 0.3) is 0 Å². The van der Waals surface area contributed by atoms with Crippen molar-refractivity contribution in [2.75, 3.05) is 24.5 Å². The molecule has 0 N–H and O–H groups in total. The summed E-state index contributed by atoms with van der Waals surface area (Å²) in [7, 11) is 0. The van der Waals surface area contributed by atoms with Crippen LogP contribution in [0.3, 0.4) is 0 Å². The first-order valence-corrected chi connectivity index (χ1v) is 7.56. The second-order valence-electron chi connectivity index (χ2n) is 4.35. The standard InChI is InChI=1S/C13H15N3O3S.C2H6/c17-13(19-20)5-6-15-7-9-16(10-8-15)12-3-1-11(14-18)2-4-12;1-2/h1-4,7,9,20H,5-6,8,10H2;1-2H3. The van der Waals surface area contributed by atoms with Crippen LogP contribution in [0.4, 0.5) is 11.4 Å². The van der Waals surface area contributed by atoms with Gasteiger partial charge in [0.1, 0.15) is 5.69 Å². The van der Waals surface area contributed by atoms with Gasteiger partial charge < -0.3 is 14.0 Å². The molecule has 0 radical (unpaired) electrons. The zero-order valence-corrected chi connectivity index (χ0v) is 13.7. The van der Waals surface area contributed by atoms with E-state index in [0.717, 1.165) is 18.8 Å². The predicted molar refractivity (Wildman–Crippen MR) is 91.0 cm³/mol. The fourth-order valence-electron chi connectivity index (χ4n) is 1.95. The first-order valence-electron chi connectivity index (χ1n) is 7.19. The number of hydrogen-bond donors (Lipinski definition) is 1. The summed E-state index contributed by atoms with van der Waals surface area (Å²) in [6.45, 7) is 6.22. The van der Waals surface area contributed by atoms with Gasteiger partial charge in [-0.2, -0.15) is 0 Å². The van der Waals surface area contributed by atoms with E-state index in [9.17, 15) is 9.70 Å². The Morgan fingerprint density at radius 1 is 1.23 bits per heavy atom. The van der Waals surface area contributed by atoms with E-state index in [2.05, 4.69) is 27.2 Å². The van der Waals surface area contributed by atoms with Gasteiger partial charge in [-0.1, -0.05) is 13.8 Å². The first kappa shape index (κ1) is 18.0. The van der Waals surface area contributed by atoms with E-state index in [4.69, 9.17) is 0 Å². The smallest absolute Gasteiger partial charge is 0.319 e. The van der Waals surface area contributed by atoms with Crippen LogP contribution in [0.5, 0.6) is 0 Å². The minimum absolute atomic E-state index is 0.313.